The summed E-state index contributed by atoms with van der Waals surface area (Å²) in [6.45, 7) is 4.01. The molecule has 0 spiro atoms. The molecule has 0 heterocycles. The second-order valence-corrected chi connectivity index (χ2v) is 4.83. The molecule has 0 aliphatic carbocycles. The van der Waals surface area contributed by atoms with Crippen LogP contribution in [0.2, 0.25) is 0 Å². The standard InChI is InChI=1S/C18H17NO2/c1-3-14-4-6-15(7-5-14)12-21-17-8-9-18(13(2)20)16(10-17)11-19/h4-10H,3,12H2,1-2H3. The summed E-state index contributed by atoms with van der Waals surface area (Å²) < 4.78 is 5.68. The Bertz CT molecular complexity index is 681. The van der Waals surface area contributed by atoms with Gasteiger partial charge in [-0.25, -0.2) is 0 Å². The number of ether oxygens (including phenoxy) is 1. The molecule has 0 atom stereocenters. The van der Waals surface area contributed by atoms with Crippen molar-refractivity contribution < 1.29 is 9.53 Å². The molecule has 0 amide bonds. The summed E-state index contributed by atoms with van der Waals surface area (Å²) in [5.41, 5.74) is 3.14. The highest BCUT2D eigenvalue weighted by Gasteiger charge is 2.08. The largest absolute Gasteiger partial charge is 0.489 e. The topological polar surface area (TPSA) is 50.1 Å². The van der Waals surface area contributed by atoms with E-state index in [4.69, 9.17) is 10.00 Å². The third-order valence-electron chi connectivity index (χ3n) is 3.33. The molecule has 2 rings (SSSR count). The van der Waals surface area contributed by atoms with Gasteiger partial charge in [0.1, 0.15) is 18.4 Å². The van der Waals surface area contributed by atoms with Crippen molar-refractivity contribution in [2.24, 2.45) is 0 Å². The number of carbonyl (C=O) groups is 1. The maximum atomic E-state index is 11.4. The number of nitrogens with zero attached hydrogens (tertiary/aromatic N) is 1. The second-order valence-electron chi connectivity index (χ2n) is 4.83. The van der Waals surface area contributed by atoms with E-state index >= 15 is 0 Å². The third-order valence-corrected chi connectivity index (χ3v) is 3.33. The molecule has 0 aromatic heterocycles. The Morgan fingerprint density at radius 1 is 1.14 bits per heavy atom. The molecule has 0 aliphatic heterocycles. The van der Waals surface area contributed by atoms with Crippen molar-refractivity contribution in [2.45, 2.75) is 26.9 Å². The number of hydrogen-bond donors (Lipinski definition) is 0. The van der Waals surface area contributed by atoms with Gasteiger partial charge in [0, 0.05) is 5.56 Å². The summed E-state index contributed by atoms with van der Waals surface area (Å²) in [6, 6.07) is 15.2. The van der Waals surface area contributed by atoms with E-state index in [2.05, 4.69) is 19.1 Å². The molecule has 0 radical (unpaired) electrons. The minimum absolute atomic E-state index is 0.117. The monoisotopic (exact) mass is 279 g/mol. The summed E-state index contributed by atoms with van der Waals surface area (Å²) in [5, 5.41) is 9.08. The molecule has 21 heavy (non-hydrogen) atoms. The van der Waals surface area contributed by atoms with Crippen LogP contribution in [-0.4, -0.2) is 5.78 Å². The van der Waals surface area contributed by atoms with Crippen LogP contribution in [0, 0.1) is 11.3 Å². The fourth-order valence-corrected chi connectivity index (χ4v) is 2.05. The minimum atomic E-state index is -0.117. The van der Waals surface area contributed by atoms with E-state index < -0.39 is 0 Å². The average molecular weight is 279 g/mol. The number of rotatable bonds is 5. The highest BCUT2D eigenvalue weighted by Crippen LogP contribution is 2.19. The van der Waals surface area contributed by atoms with Gasteiger partial charge in [-0.2, -0.15) is 5.26 Å². The molecule has 2 aromatic rings. The zero-order chi connectivity index (χ0) is 15.2. The van der Waals surface area contributed by atoms with Crippen molar-refractivity contribution in [3.8, 4) is 11.8 Å². The Morgan fingerprint density at radius 2 is 1.81 bits per heavy atom. The lowest BCUT2D eigenvalue weighted by Gasteiger charge is -2.08. The number of Topliss-reactive ketones (excluding diaryl/α,β-unsaturated/α-hetero) is 1. The third kappa shape index (κ3) is 3.70. The number of aryl methyl sites for hydroxylation is 1. The predicted octanol–water partition coefficient (Wildman–Crippen LogP) is 3.90. The smallest absolute Gasteiger partial charge is 0.161 e. The summed E-state index contributed by atoms with van der Waals surface area (Å²) in [4.78, 5) is 11.4. The van der Waals surface area contributed by atoms with E-state index in [9.17, 15) is 4.79 Å². The molecule has 3 nitrogen and oxygen atoms in total. The summed E-state index contributed by atoms with van der Waals surface area (Å²) in [7, 11) is 0. The van der Waals surface area contributed by atoms with Crippen LogP contribution in [0.25, 0.3) is 0 Å². The van der Waals surface area contributed by atoms with Gasteiger partial charge in [-0.3, -0.25) is 4.79 Å². The van der Waals surface area contributed by atoms with Gasteiger partial charge in [-0.15, -0.1) is 0 Å². The Morgan fingerprint density at radius 3 is 2.38 bits per heavy atom. The Balaban J connectivity index is 2.09. The molecule has 3 heteroatoms. The second kappa shape index (κ2) is 6.71. The zero-order valence-electron chi connectivity index (χ0n) is 12.2. The van der Waals surface area contributed by atoms with Gasteiger partial charge in [0.05, 0.1) is 5.56 Å². The first-order valence-electron chi connectivity index (χ1n) is 6.89. The van der Waals surface area contributed by atoms with Crippen LogP contribution in [-0.2, 0) is 13.0 Å². The lowest BCUT2D eigenvalue weighted by molar-refractivity contribution is 0.101. The van der Waals surface area contributed by atoms with Crippen LogP contribution in [0.1, 0.15) is 40.9 Å². The van der Waals surface area contributed by atoms with Crippen LogP contribution >= 0.6 is 0 Å². The van der Waals surface area contributed by atoms with Crippen molar-refractivity contribution in [1.82, 2.24) is 0 Å². The maximum Gasteiger partial charge on any atom is 0.161 e. The van der Waals surface area contributed by atoms with E-state index in [0.29, 0.717) is 23.5 Å². The van der Waals surface area contributed by atoms with Crippen LogP contribution in [0.15, 0.2) is 42.5 Å². The van der Waals surface area contributed by atoms with Crippen LogP contribution in [0.3, 0.4) is 0 Å². The molecule has 0 saturated heterocycles. The van der Waals surface area contributed by atoms with Gasteiger partial charge in [0.15, 0.2) is 5.78 Å². The van der Waals surface area contributed by atoms with Crippen molar-refractivity contribution in [1.29, 1.82) is 5.26 Å². The van der Waals surface area contributed by atoms with Gasteiger partial charge < -0.3 is 4.74 Å². The van der Waals surface area contributed by atoms with Crippen LogP contribution in [0.4, 0.5) is 0 Å². The molecule has 106 valence electrons. The Hall–Kier alpha value is -2.60. The van der Waals surface area contributed by atoms with Gasteiger partial charge >= 0.3 is 0 Å². The first kappa shape index (κ1) is 14.8. The number of nitriles is 1. The van der Waals surface area contributed by atoms with E-state index in [0.717, 1.165) is 12.0 Å². The molecule has 0 aliphatic rings. The number of benzene rings is 2. The molecule has 0 N–H and O–H groups in total. The molecular weight excluding hydrogens is 262 g/mol. The lowest BCUT2D eigenvalue weighted by atomic mass is 10.1. The van der Waals surface area contributed by atoms with Crippen molar-refractivity contribution in [3.05, 3.63) is 64.7 Å². The quantitative estimate of drug-likeness (QED) is 0.780. The Kier molecular flexibility index (Phi) is 4.73. The van der Waals surface area contributed by atoms with E-state index in [1.807, 2.05) is 18.2 Å². The van der Waals surface area contributed by atoms with Crippen LogP contribution < -0.4 is 4.74 Å². The first-order valence-corrected chi connectivity index (χ1v) is 6.89. The minimum Gasteiger partial charge on any atom is -0.489 e. The van der Waals surface area contributed by atoms with Crippen molar-refractivity contribution >= 4 is 5.78 Å². The fourth-order valence-electron chi connectivity index (χ4n) is 2.05. The fraction of sp³-hybridized carbons (Fsp3) is 0.222. The first-order chi connectivity index (χ1) is 10.1. The van der Waals surface area contributed by atoms with Gasteiger partial charge in [-0.1, -0.05) is 31.2 Å². The SMILES string of the molecule is CCc1ccc(COc2ccc(C(C)=O)c(C#N)c2)cc1. The molecule has 0 unspecified atom stereocenters. The highest BCUT2D eigenvalue weighted by atomic mass is 16.5. The van der Waals surface area contributed by atoms with E-state index in [1.165, 1.54) is 12.5 Å². The summed E-state index contributed by atoms with van der Waals surface area (Å²) in [5.74, 6) is 0.476. The number of carbonyl (C=O) groups excluding carboxylic acids is 1. The predicted molar refractivity (Wildman–Crippen MR) is 81.3 cm³/mol. The Labute approximate surface area is 124 Å². The molecule has 2 aromatic carbocycles. The normalized spacial score (nSPS) is 9.95. The molecule has 0 fully saturated rings. The van der Waals surface area contributed by atoms with Crippen molar-refractivity contribution in [2.75, 3.05) is 0 Å². The van der Waals surface area contributed by atoms with E-state index in [-0.39, 0.29) is 5.78 Å². The zero-order valence-corrected chi connectivity index (χ0v) is 12.2. The van der Waals surface area contributed by atoms with Crippen molar-refractivity contribution in [3.63, 3.8) is 0 Å². The summed E-state index contributed by atoms with van der Waals surface area (Å²) in [6.07, 6.45) is 1.01. The maximum absolute atomic E-state index is 11.4. The molecular formula is C18H17NO2. The van der Waals surface area contributed by atoms with Gasteiger partial charge in [0.2, 0.25) is 0 Å². The van der Waals surface area contributed by atoms with Gasteiger partial charge in [0.25, 0.3) is 0 Å². The number of ketones is 1. The molecule has 0 saturated carbocycles. The lowest BCUT2D eigenvalue weighted by Crippen LogP contribution is -2.00. The summed E-state index contributed by atoms with van der Waals surface area (Å²) >= 11 is 0. The van der Waals surface area contributed by atoms with Gasteiger partial charge in [-0.05, 0) is 42.7 Å². The molecule has 0 bridgehead atoms. The average Bonchev–Trinajstić information content (AvgIpc) is 2.52. The highest BCUT2D eigenvalue weighted by molar-refractivity contribution is 5.96. The number of hydrogen-bond acceptors (Lipinski definition) is 3. The van der Waals surface area contributed by atoms with E-state index in [1.54, 1.807) is 18.2 Å². The van der Waals surface area contributed by atoms with Crippen LogP contribution in [0.5, 0.6) is 5.75 Å².